The van der Waals surface area contributed by atoms with E-state index in [2.05, 4.69) is 5.32 Å². The predicted octanol–water partition coefficient (Wildman–Crippen LogP) is 4.76. The average molecular weight is 332 g/mol. The Kier molecular flexibility index (Phi) is 4.10. The lowest BCUT2D eigenvalue weighted by Crippen LogP contribution is -2.13. The molecule has 1 fully saturated rings. The highest BCUT2D eigenvalue weighted by Crippen LogP contribution is 2.40. The Morgan fingerprint density at radius 2 is 1.92 bits per heavy atom. The summed E-state index contributed by atoms with van der Waals surface area (Å²) in [5, 5.41) is 3.87. The van der Waals surface area contributed by atoms with Crippen molar-refractivity contribution in [2.45, 2.75) is 25.7 Å². The number of nitrogens with one attached hydrogen (secondary N) is 1. The second-order valence-corrected chi connectivity index (χ2v) is 6.30. The van der Waals surface area contributed by atoms with Gasteiger partial charge >= 0.3 is 0 Å². The molecular formula is C21H20N2O2. The van der Waals surface area contributed by atoms with Crippen LogP contribution >= 0.6 is 0 Å². The molecule has 4 nitrogen and oxygen atoms in total. The average Bonchev–Trinajstić information content (AvgIpc) is 3.48. The molecule has 0 aliphatic heterocycles. The van der Waals surface area contributed by atoms with E-state index in [0.29, 0.717) is 18.1 Å². The van der Waals surface area contributed by atoms with E-state index >= 15 is 0 Å². The molecule has 126 valence electrons. The first kappa shape index (κ1) is 15.6. The molecule has 1 aliphatic rings. The van der Waals surface area contributed by atoms with Gasteiger partial charge in [-0.3, -0.25) is 9.78 Å². The van der Waals surface area contributed by atoms with Crippen molar-refractivity contribution in [3.63, 3.8) is 0 Å². The second kappa shape index (κ2) is 6.55. The van der Waals surface area contributed by atoms with Crippen LogP contribution in [0, 0.1) is 0 Å². The van der Waals surface area contributed by atoms with E-state index < -0.39 is 0 Å². The molecule has 0 radical (unpaired) electrons. The zero-order valence-electron chi connectivity index (χ0n) is 14.2. The maximum absolute atomic E-state index is 12.9. The molecule has 1 N–H and O–H groups in total. The third-order valence-corrected chi connectivity index (χ3v) is 4.40. The van der Waals surface area contributed by atoms with Crippen molar-refractivity contribution in [1.29, 1.82) is 0 Å². The Balaban J connectivity index is 1.64. The first-order valence-electron chi connectivity index (χ1n) is 8.68. The lowest BCUT2D eigenvalue weighted by atomic mass is 10.1. The molecule has 0 saturated heterocycles. The lowest BCUT2D eigenvalue weighted by Gasteiger charge is -2.11. The monoisotopic (exact) mass is 332 g/mol. The van der Waals surface area contributed by atoms with E-state index in [1.807, 2.05) is 61.5 Å². The zero-order chi connectivity index (χ0) is 17.2. The van der Waals surface area contributed by atoms with Crippen LogP contribution in [-0.2, 0) is 0 Å². The fourth-order valence-electron chi connectivity index (χ4n) is 2.97. The van der Waals surface area contributed by atoms with Gasteiger partial charge in [-0.15, -0.1) is 0 Å². The first-order valence-corrected chi connectivity index (χ1v) is 8.68. The lowest BCUT2D eigenvalue weighted by molar-refractivity contribution is 0.102. The highest BCUT2D eigenvalue weighted by molar-refractivity contribution is 6.12. The molecule has 4 rings (SSSR count). The number of carbonyl (C=O) groups excluding carboxylic acids is 1. The van der Waals surface area contributed by atoms with Gasteiger partial charge in [0.05, 0.1) is 17.7 Å². The van der Waals surface area contributed by atoms with Crippen LogP contribution in [0.1, 0.15) is 41.7 Å². The number of nitrogens with zero attached hydrogens (tertiary/aromatic N) is 1. The number of amides is 1. The first-order chi connectivity index (χ1) is 12.2. The molecule has 0 unspecified atom stereocenters. The predicted molar refractivity (Wildman–Crippen MR) is 99.3 cm³/mol. The van der Waals surface area contributed by atoms with Gasteiger partial charge in [0, 0.05) is 22.7 Å². The summed E-state index contributed by atoms with van der Waals surface area (Å²) in [4.78, 5) is 17.6. The molecular weight excluding hydrogens is 312 g/mol. The summed E-state index contributed by atoms with van der Waals surface area (Å²) in [5.41, 5.74) is 3.34. The van der Waals surface area contributed by atoms with Gasteiger partial charge in [0.15, 0.2) is 0 Å². The molecule has 0 bridgehead atoms. The number of anilines is 1. The second-order valence-electron chi connectivity index (χ2n) is 6.30. The number of fused-ring (bicyclic) bond motifs is 1. The van der Waals surface area contributed by atoms with Gasteiger partial charge in [-0.2, -0.15) is 0 Å². The minimum absolute atomic E-state index is 0.107. The quantitative estimate of drug-likeness (QED) is 0.732. The van der Waals surface area contributed by atoms with E-state index in [1.54, 1.807) is 0 Å². The van der Waals surface area contributed by atoms with Gasteiger partial charge < -0.3 is 10.1 Å². The summed E-state index contributed by atoms with van der Waals surface area (Å²) < 4.78 is 5.44. The van der Waals surface area contributed by atoms with Crippen LogP contribution in [0.2, 0.25) is 0 Å². The number of pyridine rings is 1. The fraction of sp³-hybridized carbons (Fsp3) is 0.238. The van der Waals surface area contributed by atoms with E-state index in [1.165, 1.54) is 0 Å². The van der Waals surface area contributed by atoms with E-state index in [9.17, 15) is 4.79 Å². The van der Waals surface area contributed by atoms with E-state index in [-0.39, 0.29) is 5.91 Å². The molecule has 3 aromatic rings. The topological polar surface area (TPSA) is 51.2 Å². The van der Waals surface area contributed by atoms with Crippen LogP contribution in [0.25, 0.3) is 10.9 Å². The molecule has 0 spiro atoms. The summed E-state index contributed by atoms with van der Waals surface area (Å²) in [6.07, 6.45) is 2.32. The van der Waals surface area contributed by atoms with Crippen molar-refractivity contribution >= 4 is 22.5 Å². The maximum atomic E-state index is 12.9. The van der Waals surface area contributed by atoms with Crippen LogP contribution in [0.3, 0.4) is 0 Å². The van der Waals surface area contributed by atoms with E-state index in [0.717, 1.165) is 40.9 Å². The molecule has 4 heteroatoms. The van der Waals surface area contributed by atoms with Crippen LogP contribution in [0.15, 0.2) is 54.6 Å². The van der Waals surface area contributed by atoms with Gasteiger partial charge in [0.25, 0.3) is 5.91 Å². The zero-order valence-corrected chi connectivity index (χ0v) is 14.2. The Morgan fingerprint density at radius 3 is 2.64 bits per heavy atom. The molecule has 1 heterocycles. The van der Waals surface area contributed by atoms with Crippen molar-refractivity contribution in [3.8, 4) is 5.75 Å². The van der Waals surface area contributed by atoms with Gasteiger partial charge in [-0.05, 0) is 56.2 Å². The van der Waals surface area contributed by atoms with Crippen LogP contribution < -0.4 is 10.1 Å². The third kappa shape index (κ3) is 3.33. The van der Waals surface area contributed by atoms with Crippen molar-refractivity contribution in [2.24, 2.45) is 0 Å². The highest BCUT2D eigenvalue weighted by Gasteiger charge is 2.26. The standard InChI is InChI=1S/C21H20N2O2/c1-2-25-16-11-9-15(10-12-16)22-21(24)18-13-20(14-7-8-14)23-19-6-4-3-5-17(18)19/h3-6,9-14H,2,7-8H2,1H3,(H,22,24). The van der Waals surface area contributed by atoms with Crippen LogP contribution in [-0.4, -0.2) is 17.5 Å². The largest absolute Gasteiger partial charge is 0.494 e. The summed E-state index contributed by atoms with van der Waals surface area (Å²) >= 11 is 0. The van der Waals surface area contributed by atoms with Crippen molar-refractivity contribution in [2.75, 3.05) is 11.9 Å². The Bertz CT molecular complexity index is 915. The molecule has 1 aromatic heterocycles. The minimum atomic E-state index is -0.107. The molecule has 1 aliphatic carbocycles. The summed E-state index contributed by atoms with van der Waals surface area (Å²) in [7, 11) is 0. The van der Waals surface area contributed by atoms with Crippen LogP contribution in [0.5, 0.6) is 5.75 Å². The van der Waals surface area contributed by atoms with Gasteiger partial charge in [-0.25, -0.2) is 0 Å². The number of para-hydroxylation sites is 1. The minimum Gasteiger partial charge on any atom is -0.494 e. The maximum Gasteiger partial charge on any atom is 0.256 e. The normalized spacial score (nSPS) is 13.6. The van der Waals surface area contributed by atoms with E-state index in [4.69, 9.17) is 9.72 Å². The molecule has 0 atom stereocenters. The van der Waals surface area contributed by atoms with Gasteiger partial charge in [0.2, 0.25) is 0 Å². The van der Waals surface area contributed by atoms with Crippen molar-refractivity contribution in [3.05, 3.63) is 65.9 Å². The molecule has 1 amide bonds. The summed E-state index contributed by atoms with van der Waals surface area (Å²) in [6, 6.07) is 17.2. The fourth-order valence-corrected chi connectivity index (χ4v) is 2.97. The SMILES string of the molecule is CCOc1ccc(NC(=O)c2cc(C3CC3)nc3ccccc23)cc1. The smallest absolute Gasteiger partial charge is 0.256 e. The Hall–Kier alpha value is -2.88. The Morgan fingerprint density at radius 1 is 1.16 bits per heavy atom. The third-order valence-electron chi connectivity index (χ3n) is 4.40. The highest BCUT2D eigenvalue weighted by atomic mass is 16.5. The Labute approximate surface area is 146 Å². The van der Waals surface area contributed by atoms with Gasteiger partial charge in [0.1, 0.15) is 5.75 Å². The number of carbonyl (C=O) groups is 1. The van der Waals surface area contributed by atoms with Crippen molar-refractivity contribution in [1.82, 2.24) is 4.98 Å². The van der Waals surface area contributed by atoms with Crippen LogP contribution in [0.4, 0.5) is 5.69 Å². The van der Waals surface area contributed by atoms with Crippen molar-refractivity contribution < 1.29 is 9.53 Å². The number of benzene rings is 2. The number of rotatable bonds is 5. The molecule has 25 heavy (non-hydrogen) atoms. The number of aromatic nitrogens is 1. The number of hydrogen-bond donors (Lipinski definition) is 1. The molecule has 1 saturated carbocycles. The summed E-state index contributed by atoms with van der Waals surface area (Å²) in [5.74, 6) is 1.19. The van der Waals surface area contributed by atoms with Gasteiger partial charge in [-0.1, -0.05) is 18.2 Å². The summed E-state index contributed by atoms with van der Waals surface area (Å²) in [6.45, 7) is 2.57. The number of ether oxygens (including phenoxy) is 1. The molecule has 2 aromatic carbocycles. The number of hydrogen-bond acceptors (Lipinski definition) is 3.